The molecule has 0 aliphatic carbocycles. The van der Waals surface area contributed by atoms with Gasteiger partial charge in [0.25, 0.3) is 15.7 Å². The lowest BCUT2D eigenvalue weighted by atomic mass is 9.82. The fraction of sp³-hybridized carbons (Fsp3) is 0.441. The Bertz CT molecular complexity index is 1630. The number of nitro benzene ring substituents is 1. The maximum atomic E-state index is 13.2. The summed E-state index contributed by atoms with van der Waals surface area (Å²) in [6.45, 7) is 8.57. The fourth-order valence-corrected chi connectivity index (χ4v) is 7.30. The normalized spacial score (nSPS) is 15.8. The van der Waals surface area contributed by atoms with Gasteiger partial charge in [-0.05, 0) is 79.3 Å². The molecule has 10 nitrogen and oxygen atoms in total. The van der Waals surface area contributed by atoms with Crippen LogP contribution in [-0.4, -0.2) is 58.2 Å². The van der Waals surface area contributed by atoms with Crippen molar-refractivity contribution in [3.8, 4) is 0 Å². The van der Waals surface area contributed by atoms with Gasteiger partial charge in [0, 0.05) is 66.9 Å². The summed E-state index contributed by atoms with van der Waals surface area (Å²) in [6, 6.07) is 19.3. The van der Waals surface area contributed by atoms with Crippen LogP contribution in [-0.2, 0) is 10.0 Å². The van der Waals surface area contributed by atoms with Gasteiger partial charge >= 0.3 is 0 Å². The number of thioether (sulfide) groups is 1. The summed E-state index contributed by atoms with van der Waals surface area (Å²) >= 11 is 1.68. The van der Waals surface area contributed by atoms with Gasteiger partial charge in [0.1, 0.15) is 11.5 Å². The Morgan fingerprint density at radius 1 is 1.11 bits per heavy atom. The van der Waals surface area contributed by atoms with E-state index in [1.165, 1.54) is 12.1 Å². The number of piperidine rings is 1. The van der Waals surface area contributed by atoms with Gasteiger partial charge < -0.3 is 20.9 Å². The van der Waals surface area contributed by atoms with Crippen LogP contribution in [0.25, 0.3) is 0 Å². The number of nitrogens with two attached hydrogens (primary N) is 1. The van der Waals surface area contributed by atoms with E-state index in [2.05, 4.69) is 41.5 Å². The quantitative estimate of drug-likeness (QED) is 0.0605. The number of unbranched alkanes of at least 4 members (excludes halogenated alkanes) is 1. The molecule has 3 N–H and O–H groups in total. The van der Waals surface area contributed by atoms with Crippen molar-refractivity contribution in [2.45, 2.75) is 68.7 Å². The van der Waals surface area contributed by atoms with Gasteiger partial charge in [-0.25, -0.2) is 0 Å². The Labute approximate surface area is 277 Å². The molecular formula is C34H46N6O4S2. The summed E-state index contributed by atoms with van der Waals surface area (Å²) in [4.78, 5) is 16.7. The predicted octanol–water partition coefficient (Wildman–Crippen LogP) is 7.14. The van der Waals surface area contributed by atoms with Crippen LogP contribution in [0.1, 0.15) is 58.4 Å². The van der Waals surface area contributed by atoms with Gasteiger partial charge in [0.15, 0.2) is 0 Å². The van der Waals surface area contributed by atoms with Crippen molar-refractivity contribution in [1.29, 1.82) is 0 Å². The fourth-order valence-electron chi connectivity index (χ4n) is 5.31. The Morgan fingerprint density at radius 3 is 2.43 bits per heavy atom. The lowest BCUT2D eigenvalue weighted by Gasteiger charge is -2.38. The summed E-state index contributed by atoms with van der Waals surface area (Å²) in [7, 11) is -0.328. The molecule has 0 radical (unpaired) electrons. The highest BCUT2D eigenvalue weighted by Crippen LogP contribution is 2.33. The molecule has 1 heterocycles. The number of nitro groups is 1. The molecule has 1 atom stereocenters. The van der Waals surface area contributed by atoms with Gasteiger partial charge in [0.2, 0.25) is 0 Å². The van der Waals surface area contributed by atoms with E-state index < -0.39 is 14.9 Å². The minimum Gasteiger partial charge on any atom is -0.383 e. The number of hydrogen-bond acceptors (Lipinski definition) is 8. The highest BCUT2D eigenvalue weighted by atomic mass is 32.2. The Hall–Kier alpha value is -3.77. The molecule has 3 aromatic carbocycles. The van der Waals surface area contributed by atoms with Crippen LogP contribution in [0.3, 0.4) is 0 Å². The predicted molar refractivity (Wildman–Crippen MR) is 191 cm³/mol. The van der Waals surface area contributed by atoms with Crippen LogP contribution in [0.15, 0.2) is 80.9 Å². The third-order valence-corrected chi connectivity index (χ3v) is 10.8. The van der Waals surface area contributed by atoms with Crippen LogP contribution in [0.4, 0.5) is 22.7 Å². The van der Waals surface area contributed by atoms with Gasteiger partial charge in [-0.15, -0.1) is 16.2 Å². The average molecular weight is 667 g/mol. The van der Waals surface area contributed by atoms with E-state index in [4.69, 9.17) is 5.73 Å². The van der Waals surface area contributed by atoms with E-state index in [1.54, 1.807) is 23.9 Å². The van der Waals surface area contributed by atoms with Crippen molar-refractivity contribution in [2.75, 3.05) is 48.1 Å². The topological polar surface area (TPSA) is 134 Å². The number of rotatable bonds is 14. The lowest BCUT2D eigenvalue weighted by Crippen LogP contribution is -2.37. The molecule has 1 fully saturated rings. The molecule has 46 heavy (non-hydrogen) atoms. The van der Waals surface area contributed by atoms with E-state index in [0.717, 1.165) is 67.5 Å². The van der Waals surface area contributed by atoms with E-state index in [1.807, 2.05) is 49.3 Å². The molecule has 3 aromatic rings. The first kappa shape index (κ1) is 35.1. The molecule has 248 valence electrons. The van der Waals surface area contributed by atoms with E-state index in [-0.39, 0.29) is 28.1 Å². The zero-order valence-electron chi connectivity index (χ0n) is 27.4. The largest absolute Gasteiger partial charge is 0.383 e. The number of amidine groups is 1. The Kier molecular flexibility index (Phi) is 11.6. The average Bonchev–Trinajstić information content (AvgIpc) is 3.02. The first-order valence-electron chi connectivity index (χ1n) is 15.7. The maximum Gasteiger partial charge on any atom is 0.293 e. The van der Waals surface area contributed by atoms with Crippen LogP contribution in [0.5, 0.6) is 0 Å². The summed E-state index contributed by atoms with van der Waals surface area (Å²) in [6.07, 6.45) is 4.93. The first-order valence-corrected chi connectivity index (χ1v) is 18.1. The number of anilines is 3. The summed E-state index contributed by atoms with van der Waals surface area (Å²) in [5.74, 6) is 0.509. The Morgan fingerprint density at radius 2 is 1.80 bits per heavy atom. The van der Waals surface area contributed by atoms with Crippen molar-refractivity contribution in [2.24, 2.45) is 15.5 Å². The van der Waals surface area contributed by atoms with E-state index >= 15 is 0 Å². The molecule has 0 bridgehead atoms. The number of benzene rings is 3. The molecule has 0 amide bonds. The summed E-state index contributed by atoms with van der Waals surface area (Å²) < 4.78 is 30.3. The van der Waals surface area contributed by atoms with Gasteiger partial charge in [-0.1, -0.05) is 39.7 Å². The van der Waals surface area contributed by atoms with Gasteiger partial charge in [0.05, 0.1) is 9.82 Å². The third-order valence-electron chi connectivity index (χ3n) is 8.38. The van der Waals surface area contributed by atoms with Gasteiger partial charge in [-0.3, -0.25) is 10.1 Å². The van der Waals surface area contributed by atoms with Crippen molar-refractivity contribution >= 4 is 50.4 Å². The Balaban J connectivity index is 1.50. The number of sulfonamides is 1. The second-order valence-electron chi connectivity index (χ2n) is 12.8. The molecule has 1 saturated heterocycles. The van der Waals surface area contributed by atoms with Crippen molar-refractivity contribution in [3.05, 3.63) is 82.4 Å². The highest BCUT2D eigenvalue weighted by Gasteiger charge is 2.26. The number of hydrogen-bond donors (Lipinski definition) is 2. The maximum absolute atomic E-state index is 13.2. The molecular weight excluding hydrogens is 621 g/mol. The zero-order valence-corrected chi connectivity index (χ0v) is 29.0. The van der Waals surface area contributed by atoms with Crippen LogP contribution >= 0.6 is 11.8 Å². The van der Waals surface area contributed by atoms with Crippen molar-refractivity contribution in [3.63, 3.8) is 0 Å². The lowest BCUT2D eigenvalue weighted by molar-refractivity contribution is -0.384. The second-order valence-corrected chi connectivity index (χ2v) is 15.5. The van der Waals surface area contributed by atoms with Crippen LogP contribution < -0.4 is 20.9 Å². The van der Waals surface area contributed by atoms with Crippen molar-refractivity contribution < 1.29 is 13.3 Å². The first-order chi connectivity index (χ1) is 21.8. The summed E-state index contributed by atoms with van der Waals surface area (Å²) in [5.41, 5.74) is 9.01. The minimum atomic E-state index is -4.31. The van der Waals surface area contributed by atoms with E-state index in [9.17, 15) is 18.5 Å². The SMILES string of the molecule is CCCC[C@H](CSc1cccc(N(C)C)c1)Nc1ccc(S(=O)(=O)N=C(N)c2ccc(N3CCC(C)(C)CC3)cc2)cc1[N+](=O)[O-]. The molecule has 0 spiro atoms. The van der Waals surface area contributed by atoms with Crippen molar-refractivity contribution in [1.82, 2.24) is 0 Å². The minimum absolute atomic E-state index is 0.0674. The molecule has 0 aromatic heterocycles. The number of nitrogens with one attached hydrogen (secondary N) is 1. The molecule has 1 aliphatic rings. The molecule has 0 unspecified atom stereocenters. The van der Waals surface area contributed by atoms with Gasteiger partial charge in [-0.2, -0.15) is 8.42 Å². The second kappa shape index (κ2) is 15.2. The monoisotopic (exact) mass is 666 g/mol. The molecule has 1 aliphatic heterocycles. The molecule has 12 heteroatoms. The number of nitrogens with zero attached hydrogens (tertiary/aromatic N) is 4. The summed E-state index contributed by atoms with van der Waals surface area (Å²) in [5, 5.41) is 15.4. The molecule has 4 rings (SSSR count). The van der Waals surface area contributed by atoms with E-state index in [0.29, 0.717) is 16.7 Å². The third kappa shape index (κ3) is 9.38. The smallest absolute Gasteiger partial charge is 0.293 e. The standard InChI is InChI=1S/C34H46N6O4S2/c1-6-7-9-26(24-45-29-11-8-10-28(22-29)38(4)5)36-31-17-16-30(23-32(31)40(41)42)46(43,44)37-33(35)25-12-14-27(15-13-25)39-20-18-34(2,3)19-21-39/h8,10-17,22-23,26,36H,6-7,9,18-21,24H2,1-5H3,(H2,35,37)/t26-/m1/s1. The highest BCUT2D eigenvalue weighted by molar-refractivity contribution is 7.99. The zero-order chi connectivity index (χ0) is 33.5. The van der Waals surface area contributed by atoms with Crippen LogP contribution in [0, 0.1) is 15.5 Å². The van der Waals surface area contributed by atoms with Crippen LogP contribution in [0.2, 0.25) is 0 Å². The molecule has 0 saturated carbocycles.